The second kappa shape index (κ2) is 7.79. The van der Waals surface area contributed by atoms with Crippen molar-refractivity contribution in [1.82, 2.24) is 10.2 Å². The van der Waals surface area contributed by atoms with Gasteiger partial charge in [0.05, 0.1) is 12.6 Å². The number of hydrogen-bond donors (Lipinski definition) is 2. The predicted molar refractivity (Wildman–Crippen MR) is 90.2 cm³/mol. The molecule has 128 valence electrons. The van der Waals surface area contributed by atoms with Crippen molar-refractivity contribution in [3.8, 4) is 0 Å². The van der Waals surface area contributed by atoms with E-state index in [0.29, 0.717) is 19.1 Å². The summed E-state index contributed by atoms with van der Waals surface area (Å²) in [6, 6.07) is 10.4. The Balaban J connectivity index is 2.14. The van der Waals surface area contributed by atoms with Gasteiger partial charge in [-0.2, -0.15) is 0 Å². The zero-order valence-electron chi connectivity index (χ0n) is 14.3. The third kappa shape index (κ3) is 5.22. The van der Waals surface area contributed by atoms with Gasteiger partial charge in [-0.05, 0) is 39.2 Å². The van der Waals surface area contributed by atoms with Crippen LogP contribution >= 0.6 is 0 Å². The Labute approximate surface area is 138 Å². The highest BCUT2D eigenvalue weighted by molar-refractivity contribution is 5.69. The van der Waals surface area contributed by atoms with E-state index >= 15 is 0 Å². The van der Waals surface area contributed by atoms with E-state index in [1.807, 2.05) is 43.9 Å². The van der Waals surface area contributed by atoms with Crippen LogP contribution in [0.25, 0.3) is 0 Å². The zero-order valence-corrected chi connectivity index (χ0v) is 14.3. The van der Waals surface area contributed by atoms with Gasteiger partial charge in [-0.1, -0.05) is 30.3 Å². The number of carbonyl (C=O) groups is 1. The van der Waals surface area contributed by atoms with Crippen molar-refractivity contribution in [2.24, 2.45) is 0 Å². The Hall–Kier alpha value is -1.59. The first-order valence-corrected chi connectivity index (χ1v) is 8.29. The predicted octanol–water partition coefficient (Wildman–Crippen LogP) is 2.71. The molecule has 2 atom stereocenters. The number of nitrogens with zero attached hydrogens (tertiary/aromatic N) is 1. The smallest absolute Gasteiger partial charge is 0.410 e. The molecule has 23 heavy (non-hydrogen) atoms. The summed E-state index contributed by atoms with van der Waals surface area (Å²) in [6.07, 6.45) is 1.43. The summed E-state index contributed by atoms with van der Waals surface area (Å²) in [5, 5.41) is 12.4. The van der Waals surface area contributed by atoms with Gasteiger partial charge in [0.25, 0.3) is 0 Å². The van der Waals surface area contributed by atoms with E-state index < -0.39 is 5.60 Å². The topological polar surface area (TPSA) is 61.8 Å². The molecule has 2 rings (SSSR count). The summed E-state index contributed by atoms with van der Waals surface area (Å²) < 4.78 is 5.57. The van der Waals surface area contributed by atoms with Crippen molar-refractivity contribution >= 4 is 6.09 Å². The largest absolute Gasteiger partial charge is 0.444 e. The molecule has 0 bridgehead atoms. The zero-order chi connectivity index (χ0) is 16.9. The molecule has 5 nitrogen and oxygen atoms in total. The molecule has 1 fully saturated rings. The van der Waals surface area contributed by atoms with Gasteiger partial charge in [-0.15, -0.1) is 0 Å². The quantitative estimate of drug-likeness (QED) is 0.895. The van der Waals surface area contributed by atoms with Gasteiger partial charge in [-0.25, -0.2) is 4.79 Å². The molecule has 1 amide bonds. The summed E-state index contributed by atoms with van der Waals surface area (Å²) in [6.45, 7) is 7.02. The van der Waals surface area contributed by atoms with E-state index in [2.05, 4.69) is 17.4 Å². The molecule has 5 heteroatoms. The third-order valence-corrected chi connectivity index (χ3v) is 3.96. The van der Waals surface area contributed by atoms with Gasteiger partial charge in [-0.3, -0.25) is 0 Å². The molecule has 0 aromatic heterocycles. The molecule has 1 aliphatic heterocycles. The first-order chi connectivity index (χ1) is 10.9. The molecule has 1 heterocycles. The van der Waals surface area contributed by atoms with Crippen LogP contribution in [-0.4, -0.2) is 47.4 Å². The molecule has 2 N–H and O–H groups in total. The number of rotatable bonds is 4. The molecule has 0 radical (unpaired) electrons. The van der Waals surface area contributed by atoms with Crippen LogP contribution in [0.5, 0.6) is 0 Å². The molecule has 1 aromatic rings. The lowest BCUT2D eigenvalue weighted by atomic mass is 9.92. The van der Waals surface area contributed by atoms with Gasteiger partial charge in [0.15, 0.2) is 0 Å². The SMILES string of the molecule is CC(C)(C)OC(=O)N1CCC(NCCO)C[C@H]1c1ccccc1. The highest BCUT2D eigenvalue weighted by Gasteiger charge is 2.34. The fraction of sp³-hybridized carbons (Fsp3) is 0.611. The van der Waals surface area contributed by atoms with Crippen LogP contribution in [0.1, 0.15) is 45.2 Å². The monoisotopic (exact) mass is 320 g/mol. The lowest BCUT2D eigenvalue weighted by Gasteiger charge is -2.40. The van der Waals surface area contributed by atoms with Crippen molar-refractivity contribution in [3.63, 3.8) is 0 Å². The Morgan fingerprint density at radius 1 is 1.35 bits per heavy atom. The molecule has 0 spiro atoms. The van der Waals surface area contributed by atoms with Crippen LogP contribution < -0.4 is 5.32 Å². The average molecular weight is 320 g/mol. The third-order valence-electron chi connectivity index (χ3n) is 3.96. The summed E-state index contributed by atoms with van der Waals surface area (Å²) >= 11 is 0. The van der Waals surface area contributed by atoms with Crippen molar-refractivity contribution in [2.75, 3.05) is 19.7 Å². The van der Waals surface area contributed by atoms with E-state index in [1.54, 1.807) is 0 Å². The number of nitrogens with one attached hydrogen (secondary N) is 1. The van der Waals surface area contributed by atoms with E-state index in [0.717, 1.165) is 18.4 Å². The second-order valence-electron chi connectivity index (χ2n) is 7.00. The lowest BCUT2D eigenvalue weighted by Crippen LogP contribution is -2.48. The molecule has 1 saturated heterocycles. The first kappa shape index (κ1) is 17.8. The highest BCUT2D eigenvalue weighted by atomic mass is 16.6. The van der Waals surface area contributed by atoms with Gasteiger partial charge < -0.3 is 20.1 Å². The normalized spacial score (nSPS) is 22.0. The van der Waals surface area contributed by atoms with E-state index in [-0.39, 0.29) is 18.7 Å². The summed E-state index contributed by atoms with van der Waals surface area (Å²) in [4.78, 5) is 14.4. The van der Waals surface area contributed by atoms with E-state index in [1.165, 1.54) is 0 Å². The summed E-state index contributed by atoms with van der Waals surface area (Å²) in [5.41, 5.74) is 0.624. The first-order valence-electron chi connectivity index (χ1n) is 8.29. The maximum absolute atomic E-state index is 12.6. The van der Waals surface area contributed by atoms with E-state index in [9.17, 15) is 4.79 Å². The minimum absolute atomic E-state index is 0.00371. The number of piperidine rings is 1. The maximum Gasteiger partial charge on any atom is 0.410 e. The Kier molecular flexibility index (Phi) is 6.02. The highest BCUT2D eigenvalue weighted by Crippen LogP contribution is 2.32. The van der Waals surface area contributed by atoms with Gasteiger partial charge in [0.2, 0.25) is 0 Å². The van der Waals surface area contributed by atoms with Gasteiger partial charge in [0.1, 0.15) is 5.60 Å². The fourth-order valence-corrected chi connectivity index (χ4v) is 2.95. The lowest BCUT2D eigenvalue weighted by molar-refractivity contribution is 0.00644. The second-order valence-corrected chi connectivity index (χ2v) is 7.00. The number of amides is 1. The minimum Gasteiger partial charge on any atom is -0.444 e. The molecule has 1 aromatic carbocycles. The van der Waals surface area contributed by atoms with Crippen molar-refractivity contribution in [2.45, 2.75) is 51.3 Å². The van der Waals surface area contributed by atoms with Crippen molar-refractivity contribution in [1.29, 1.82) is 0 Å². The van der Waals surface area contributed by atoms with Crippen LogP contribution in [0, 0.1) is 0 Å². The van der Waals surface area contributed by atoms with Gasteiger partial charge in [0, 0.05) is 19.1 Å². The average Bonchev–Trinajstić information content (AvgIpc) is 2.52. The standard InChI is InChI=1S/C18H28N2O3/c1-18(2,3)23-17(22)20-11-9-15(19-10-12-21)13-16(20)14-7-5-4-6-8-14/h4-8,15-16,19,21H,9-13H2,1-3H3/t15?,16-/m0/s1. The molecule has 1 unspecified atom stereocenters. The maximum atomic E-state index is 12.6. The molecular weight excluding hydrogens is 292 g/mol. The van der Waals surface area contributed by atoms with Crippen molar-refractivity contribution < 1.29 is 14.6 Å². The number of likely N-dealkylation sites (tertiary alicyclic amines) is 1. The molecular formula is C18H28N2O3. The number of aliphatic hydroxyl groups excluding tert-OH is 1. The minimum atomic E-state index is -0.496. The summed E-state index contributed by atoms with van der Waals surface area (Å²) in [7, 11) is 0. The number of carbonyl (C=O) groups excluding carboxylic acids is 1. The molecule has 0 saturated carbocycles. The van der Waals surface area contributed by atoms with Gasteiger partial charge >= 0.3 is 6.09 Å². The van der Waals surface area contributed by atoms with E-state index in [4.69, 9.17) is 9.84 Å². The van der Waals surface area contributed by atoms with Crippen LogP contribution in [0.15, 0.2) is 30.3 Å². The molecule has 0 aliphatic carbocycles. The number of benzene rings is 1. The number of hydrogen-bond acceptors (Lipinski definition) is 4. The van der Waals surface area contributed by atoms with Crippen LogP contribution in [0.4, 0.5) is 4.79 Å². The Morgan fingerprint density at radius 2 is 2.04 bits per heavy atom. The van der Waals surface area contributed by atoms with Crippen LogP contribution in [0.2, 0.25) is 0 Å². The Morgan fingerprint density at radius 3 is 2.65 bits per heavy atom. The number of ether oxygens (including phenoxy) is 1. The summed E-state index contributed by atoms with van der Waals surface area (Å²) in [5.74, 6) is 0. The van der Waals surface area contributed by atoms with Crippen LogP contribution in [0.3, 0.4) is 0 Å². The van der Waals surface area contributed by atoms with Crippen LogP contribution in [-0.2, 0) is 4.74 Å². The fourth-order valence-electron chi connectivity index (χ4n) is 2.95. The number of aliphatic hydroxyl groups is 1. The van der Waals surface area contributed by atoms with Crippen molar-refractivity contribution in [3.05, 3.63) is 35.9 Å². The Bertz CT molecular complexity index is 499. The molecule has 1 aliphatic rings.